The number of ether oxygens (including phenoxy) is 1. The lowest BCUT2D eigenvalue weighted by atomic mass is 9.94. The molecule has 4 heterocycles. The first-order chi connectivity index (χ1) is 16.0. The zero-order valence-corrected chi connectivity index (χ0v) is 18.6. The molecule has 8 heteroatoms. The van der Waals surface area contributed by atoms with Gasteiger partial charge in [0.25, 0.3) is 0 Å². The van der Waals surface area contributed by atoms with Crippen molar-refractivity contribution >= 4 is 33.3 Å². The fourth-order valence-electron chi connectivity index (χ4n) is 5.39. The third kappa shape index (κ3) is 3.42. The minimum Gasteiger partial charge on any atom is -0.461 e. The van der Waals surface area contributed by atoms with Crippen molar-refractivity contribution in [3.63, 3.8) is 0 Å². The monoisotopic (exact) mass is 464 g/mol. The predicted molar refractivity (Wildman–Crippen MR) is 125 cm³/mol. The van der Waals surface area contributed by atoms with Crippen LogP contribution in [0.5, 0.6) is 6.01 Å². The second-order valence-electron chi connectivity index (χ2n) is 8.94. The number of fused-ring (bicyclic) bond motifs is 3. The lowest BCUT2D eigenvalue weighted by Crippen LogP contribution is -2.43. The molecule has 2 aromatic carbocycles. The average Bonchev–Trinajstić information content (AvgIpc) is 3.34. The minimum atomic E-state index is -0.538. The summed E-state index contributed by atoms with van der Waals surface area (Å²) in [5, 5.41) is 12.8. The number of aliphatic hydroxyl groups is 1. The molecule has 0 saturated carbocycles. The van der Waals surface area contributed by atoms with Gasteiger partial charge >= 0.3 is 6.01 Å². The minimum absolute atomic E-state index is 0.122. The number of halogens is 2. The van der Waals surface area contributed by atoms with E-state index in [2.05, 4.69) is 19.9 Å². The second kappa shape index (κ2) is 7.87. The van der Waals surface area contributed by atoms with Gasteiger partial charge in [-0.1, -0.05) is 41.9 Å². The Morgan fingerprint density at radius 1 is 1.15 bits per heavy atom. The summed E-state index contributed by atoms with van der Waals surface area (Å²) in [5.74, 6) is -0.538. The van der Waals surface area contributed by atoms with E-state index in [4.69, 9.17) is 16.3 Å². The van der Waals surface area contributed by atoms with Crippen LogP contribution in [0.1, 0.15) is 19.3 Å². The molecule has 0 spiro atoms. The summed E-state index contributed by atoms with van der Waals surface area (Å²) in [6.07, 6.45) is 5.46. The molecule has 2 saturated heterocycles. The number of hydrogen-bond donors (Lipinski definition) is 1. The summed E-state index contributed by atoms with van der Waals surface area (Å²) < 4.78 is 21.7. The molecular formula is C25H22ClFN4O2. The maximum absolute atomic E-state index is 15.7. The number of β-amino-alcohol motifs (C(OH)–C–C–N with tert-alkyl or cyclic N) is 1. The molecule has 0 unspecified atom stereocenters. The first-order valence-corrected chi connectivity index (χ1v) is 11.5. The Morgan fingerprint density at radius 3 is 2.85 bits per heavy atom. The number of hydrogen-bond acceptors (Lipinski definition) is 6. The Labute approximate surface area is 195 Å². The lowest BCUT2D eigenvalue weighted by Gasteiger charge is -2.30. The van der Waals surface area contributed by atoms with Crippen molar-refractivity contribution in [2.75, 3.05) is 19.7 Å². The van der Waals surface area contributed by atoms with Gasteiger partial charge in [0.2, 0.25) is 0 Å². The van der Waals surface area contributed by atoms with Crippen LogP contribution in [0.15, 0.2) is 48.8 Å². The molecule has 0 radical (unpaired) electrons. The number of nitrogens with zero attached hydrogens (tertiary/aromatic N) is 4. The van der Waals surface area contributed by atoms with E-state index in [1.807, 2.05) is 30.3 Å². The van der Waals surface area contributed by atoms with Gasteiger partial charge in [-0.15, -0.1) is 0 Å². The predicted octanol–water partition coefficient (Wildman–Crippen LogP) is 4.62. The van der Waals surface area contributed by atoms with E-state index < -0.39 is 5.82 Å². The fourth-order valence-corrected chi connectivity index (χ4v) is 5.67. The molecule has 2 atom stereocenters. The Kier molecular flexibility index (Phi) is 4.94. The molecule has 1 N–H and O–H groups in total. The van der Waals surface area contributed by atoms with E-state index in [-0.39, 0.29) is 28.9 Å². The molecule has 168 valence electrons. The fraction of sp³-hybridized carbons (Fsp3) is 0.320. The van der Waals surface area contributed by atoms with Crippen LogP contribution in [0.2, 0.25) is 5.02 Å². The molecular weight excluding hydrogens is 443 g/mol. The maximum atomic E-state index is 15.7. The van der Waals surface area contributed by atoms with Crippen molar-refractivity contribution in [2.45, 2.75) is 30.9 Å². The van der Waals surface area contributed by atoms with E-state index in [9.17, 15) is 5.11 Å². The van der Waals surface area contributed by atoms with Crippen molar-refractivity contribution in [2.24, 2.45) is 0 Å². The van der Waals surface area contributed by atoms with Gasteiger partial charge in [0.1, 0.15) is 17.8 Å². The van der Waals surface area contributed by atoms with Gasteiger partial charge in [0.15, 0.2) is 5.82 Å². The van der Waals surface area contributed by atoms with Crippen LogP contribution in [0.25, 0.3) is 32.9 Å². The molecule has 2 aliphatic heterocycles. The van der Waals surface area contributed by atoms with Crippen LogP contribution in [-0.4, -0.2) is 56.3 Å². The molecule has 2 aromatic heterocycles. The molecule has 6 rings (SSSR count). The van der Waals surface area contributed by atoms with Crippen molar-refractivity contribution < 1.29 is 14.2 Å². The van der Waals surface area contributed by atoms with Gasteiger partial charge in [-0.2, -0.15) is 4.98 Å². The average molecular weight is 465 g/mol. The molecule has 0 amide bonds. The van der Waals surface area contributed by atoms with Crippen molar-refractivity contribution in [3.05, 3.63) is 59.6 Å². The molecule has 33 heavy (non-hydrogen) atoms. The number of benzene rings is 2. The van der Waals surface area contributed by atoms with Crippen molar-refractivity contribution in [1.29, 1.82) is 0 Å². The molecule has 0 bridgehead atoms. The number of aromatic nitrogens is 3. The first-order valence-electron chi connectivity index (χ1n) is 11.1. The largest absolute Gasteiger partial charge is 0.461 e. The van der Waals surface area contributed by atoms with Crippen LogP contribution in [0.4, 0.5) is 4.39 Å². The standard InChI is InChI=1S/C25H22ClFN4O2/c26-19-7-2-5-15-4-1-6-18(20(15)19)23-21(27)22-16(11-28-23)12-29-24(30-22)33-14-25-8-3-9-31(25)13-17(32)10-25/h1-2,4-7,11-12,17,32H,3,8-10,13-14H2/t17-,25+/m1/s1. The highest BCUT2D eigenvalue weighted by Gasteiger charge is 2.48. The quantitative estimate of drug-likeness (QED) is 0.475. The molecule has 6 nitrogen and oxygen atoms in total. The topological polar surface area (TPSA) is 71.4 Å². The Morgan fingerprint density at radius 2 is 1.97 bits per heavy atom. The summed E-state index contributed by atoms with van der Waals surface area (Å²) in [7, 11) is 0. The Balaban J connectivity index is 1.37. The highest BCUT2D eigenvalue weighted by atomic mass is 35.5. The van der Waals surface area contributed by atoms with Gasteiger partial charge in [-0.25, -0.2) is 9.37 Å². The van der Waals surface area contributed by atoms with Crippen molar-refractivity contribution in [1.82, 2.24) is 19.9 Å². The van der Waals surface area contributed by atoms with Gasteiger partial charge < -0.3 is 9.84 Å². The van der Waals surface area contributed by atoms with Crippen LogP contribution in [-0.2, 0) is 0 Å². The highest BCUT2D eigenvalue weighted by Crippen LogP contribution is 2.39. The van der Waals surface area contributed by atoms with E-state index >= 15 is 4.39 Å². The third-order valence-electron chi connectivity index (χ3n) is 6.91. The molecule has 2 fully saturated rings. The van der Waals surface area contributed by atoms with Crippen LogP contribution < -0.4 is 4.74 Å². The van der Waals surface area contributed by atoms with Crippen LogP contribution in [0.3, 0.4) is 0 Å². The van der Waals surface area contributed by atoms with Crippen molar-refractivity contribution in [3.8, 4) is 17.3 Å². The van der Waals surface area contributed by atoms with E-state index in [1.165, 1.54) is 6.20 Å². The smallest absolute Gasteiger partial charge is 0.317 e. The Hall–Kier alpha value is -2.87. The highest BCUT2D eigenvalue weighted by molar-refractivity contribution is 6.36. The van der Waals surface area contributed by atoms with Gasteiger partial charge in [0, 0.05) is 40.3 Å². The lowest BCUT2D eigenvalue weighted by molar-refractivity contribution is 0.107. The summed E-state index contributed by atoms with van der Waals surface area (Å²) in [4.78, 5) is 15.3. The summed E-state index contributed by atoms with van der Waals surface area (Å²) in [6.45, 7) is 1.99. The zero-order chi connectivity index (χ0) is 22.6. The van der Waals surface area contributed by atoms with Crippen LogP contribution in [0, 0.1) is 5.82 Å². The number of pyridine rings is 1. The third-order valence-corrected chi connectivity index (χ3v) is 7.23. The van der Waals surface area contributed by atoms with E-state index in [0.29, 0.717) is 35.5 Å². The zero-order valence-electron chi connectivity index (χ0n) is 17.8. The van der Waals surface area contributed by atoms with Gasteiger partial charge in [-0.05, 0) is 37.3 Å². The SMILES string of the molecule is O[C@H]1CN2CCC[C@@]2(COc2ncc3cnc(-c4cccc5cccc(Cl)c45)c(F)c3n2)C1. The van der Waals surface area contributed by atoms with E-state index in [1.54, 1.807) is 12.3 Å². The second-order valence-corrected chi connectivity index (χ2v) is 9.35. The van der Waals surface area contributed by atoms with Gasteiger partial charge in [-0.3, -0.25) is 9.88 Å². The molecule has 0 aliphatic carbocycles. The number of rotatable bonds is 4. The molecule has 4 aromatic rings. The Bertz CT molecular complexity index is 1380. The first kappa shape index (κ1) is 20.7. The normalized spacial score (nSPS) is 22.8. The summed E-state index contributed by atoms with van der Waals surface area (Å²) in [5.41, 5.74) is 0.755. The number of aliphatic hydroxyl groups excluding tert-OH is 1. The maximum Gasteiger partial charge on any atom is 0.317 e. The van der Waals surface area contributed by atoms with Gasteiger partial charge in [0.05, 0.1) is 11.6 Å². The summed E-state index contributed by atoms with van der Waals surface area (Å²) in [6, 6.07) is 11.3. The molecule has 2 aliphatic rings. The summed E-state index contributed by atoms with van der Waals surface area (Å²) >= 11 is 6.45. The van der Waals surface area contributed by atoms with Crippen LogP contribution >= 0.6 is 11.6 Å². The van der Waals surface area contributed by atoms with E-state index in [0.717, 1.165) is 30.2 Å².